The van der Waals surface area contributed by atoms with E-state index in [0.29, 0.717) is 24.8 Å². The molecule has 5 nitrogen and oxygen atoms in total. The first-order chi connectivity index (χ1) is 9.11. The zero-order chi connectivity index (χ0) is 13.8. The summed E-state index contributed by atoms with van der Waals surface area (Å²) in [6.07, 6.45) is 1.91. The quantitative estimate of drug-likeness (QED) is 0.774. The maximum Gasteiger partial charge on any atom is 0.339 e. The number of hydrogen-bond donors (Lipinski definition) is 0. The molecule has 19 heavy (non-hydrogen) atoms. The number of esters is 1. The van der Waals surface area contributed by atoms with Gasteiger partial charge in [-0.2, -0.15) is 0 Å². The van der Waals surface area contributed by atoms with Gasteiger partial charge in [-0.05, 0) is 26.0 Å². The second kappa shape index (κ2) is 6.12. The van der Waals surface area contributed by atoms with Gasteiger partial charge in [-0.1, -0.05) is 0 Å². The molecule has 1 fully saturated rings. The molecule has 104 valence electrons. The Kier molecular flexibility index (Phi) is 4.50. The summed E-state index contributed by atoms with van der Waals surface area (Å²) in [7, 11) is 1.39. The van der Waals surface area contributed by atoms with E-state index in [2.05, 4.69) is 23.7 Å². The molecule has 0 amide bonds. The van der Waals surface area contributed by atoms with Gasteiger partial charge in [0.05, 0.1) is 31.1 Å². The predicted molar refractivity (Wildman–Crippen MR) is 70.9 cm³/mol. The molecule has 1 aromatic heterocycles. The van der Waals surface area contributed by atoms with E-state index < -0.39 is 0 Å². The van der Waals surface area contributed by atoms with Crippen LogP contribution >= 0.6 is 0 Å². The molecule has 0 saturated carbocycles. The van der Waals surface area contributed by atoms with Gasteiger partial charge in [0.2, 0.25) is 0 Å². The fourth-order valence-electron chi connectivity index (χ4n) is 2.24. The van der Waals surface area contributed by atoms with Gasteiger partial charge in [0.1, 0.15) is 0 Å². The minimum atomic E-state index is -0.336. The van der Waals surface area contributed by atoms with Gasteiger partial charge < -0.3 is 9.47 Å². The van der Waals surface area contributed by atoms with Gasteiger partial charge in [0, 0.05) is 25.3 Å². The lowest BCUT2D eigenvalue weighted by molar-refractivity contribution is -0.0531. The summed E-state index contributed by atoms with van der Waals surface area (Å²) in [5.41, 5.74) is 1.30. The minimum Gasteiger partial charge on any atom is -0.465 e. The molecular weight excluding hydrogens is 244 g/mol. The molecule has 1 aliphatic heterocycles. The second-order valence-electron chi connectivity index (χ2n) is 4.91. The zero-order valence-corrected chi connectivity index (χ0v) is 11.6. The number of hydrogen-bond acceptors (Lipinski definition) is 5. The van der Waals surface area contributed by atoms with Gasteiger partial charge >= 0.3 is 5.97 Å². The summed E-state index contributed by atoms with van der Waals surface area (Å²) < 4.78 is 10.4. The molecule has 0 spiro atoms. The van der Waals surface area contributed by atoms with Gasteiger partial charge in [-0.15, -0.1) is 0 Å². The highest BCUT2D eigenvalue weighted by atomic mass is 16.5. The van der Waals surface area contributed by atoms with Crippen LogP contribution in [0.3, 0.4) is 0 Å². The third-order valence-corrected chi connectivity index (χ3v) is 3.39. The molecule has 1 aromatic rings. The molecule has 1 saturated heterocycles. The average Bonchev–Trinajstić information content (AvgIpc) is 2.42. The molecule has 0 radical (unpaired) electrons. The molecule has 0 N–H and O–H groups in total. The van der Waals surface area contributed by atoms with Crippen molar-refractivity contribution in [2.24, 2.45) is 0 Å². The number of morpholine rings is 1. The summed E-state index contributed by atoms with van der Waals surface area (Å²) in [6, 6.07) is 3.83. The Hall–Kier alpha value is -1.46. The van der Waals surface area contributed by atoms with Crippen molar-refractivity contribution in [3.05, 3.63) is 29.6 Å². The number of nitrogens with zero attached hydrogens (tertiary/aromatic N) is 2. The first-order valence-corrected chi connectivity index (χ1v) is 6.49. The van der Waals surface area contributed by atoms with Crippen LogP contribution in [0.5, 0.6) is 0 Å². The van der Waals surface area contributed by atoms with Crippen LogP contribution < -0.4 is 0 Å². The summed E-state index contributed by atoms with van der Waals surface area (Å²) in [4.78, 5) is 18.3. The summed E-state index contributed by atoms with van der Waals surface area (Å²) in [5, 5.41) is 0. The molecule has 0 aliphatic carbocycles. The van der Waals surface area contributed by atoms with Crippen molar-refractivity contribution < 1.29 is 14.3 Å². The maximum absolute atomic E-state index is 11.7. The topological polar surface area (TPSA) is 51.7 Å². The number of carbonyl (C=O) groups excluding carboxylic acids is 1. The third-order valence-electron chi connectivity index (χ3n) is 3.39. The van der Waals surface area contributed by atoms with E-state index >= 15 is 0 Å². The average molecular weight is 264 g/mol. The Morgan fingerprint density at radius 1 is 1.58 bits per heavy atom. The van der Waals surface area contributed by atoms with Gasteiger partial charge in [-0.3, -0.25) is 9.88 Å². The van der Waals surface area contributed by atoms with Crippen molar-refractivity contribution in [2.75, 3.05) is 20.3 Å². The van der Waals surface area contributed by atoms with Crippen LogP contribution in [0.4, 0.5) is 0 Å². The molecule has 5 heteroatoms. The van der Waals surface area contributed by atoms with Gasteiger partial charge in [0.25, 0.3) is 0 Å². The number of rotatable bonds is 3. The van der Waals surface area contributed by atoms with E-state index in [0.717, 1.165) is 12.2 Å². The van der Waals surface area contributed by atoms with Crippen LogP contribution in [0.15, 0.2) is 18.3 Å². The normalized spacial score (nSPS) is 24.2. The van der Waals surface area contributed by atoms with Crippen molar-refractivity contribution in [3.63, 3.8) is 0 Å². The lowest BCUT2D eigenvalue weighted by Gasteiger charge is -2.36. The first kappa shape index (κ1) is 14.0. The molecule has 2 atom stereocenters. The lowest BCUT2D eigenvalue weighted by atomic mass is 10.1. The highest BCUT2D eigenvalue weighted by Crippen LogP contribution is 2.16. The highest BCUT2D eigenvalue weighted by Gasteiger charge is 2.25. The Bertz CT molecular complexity index is 450. The molecule has 0 bridgehead atoms. The van der Waals surface area contributed by atoms with Crippen LogP contribution in [0.2, 0.25) is 0 Å². The second-order valence-corrected chi connectivity index (χ2v) is 4.91. The van der Waals surface area contributed by atoms with Crippen LogP contribution in [-0.2, 0) is 16.0 Å². The van der Waals surface area contributed by atoms with Crippen LogP contribution in [-0.4, -0.2) is 48.3 Å². The standard InChI is InChI=1S/C14H20N2O3/c1-10-9-19-11(2)7-16(10)8-13-12(14(17)18-3)5-4-6-15-13/h4-6,10-11H,7-9H2,1-3H3. The lowest BCUT2D eigenvalue weighted by Crippen LogP contribution is -2.46. The van der Waals surface area contributed by atoms with Crippen molar-refractivity contribution in [3.8, 4) is 0 Å². The summed E-state index contributed by atoms with van der Waals surface area (Å²) in [6.45, 7) is 6.37. The number of methoxy groups -OCH3 is 1. The number of ether oxygens (including phenoxy) is 2. The van der Waals surface area contributed by atoms with E-state index in [1.165, 1.54) is 7.11 Å². The number of pyridine rings is 1. The van der Waals surface area contributed by atoms with Crippen molar-refractivity contribution in [1.82, 2.24) is 9.88 Å². The fourth-order valence-corrected chi connectivity index (χ4v) is 2.24. The van der Waals surface area contributed by atoms with E-state index in [-0.39, 0.29) is 12.1 Å². The molecular formula is C14H20N2O3. The van der Waals surface area contributed by atoms with Crippen molar-refractivity contribution in [2.45, 2.75) is 32.5 Å². The first-order valence-electron chi connectivity index (χ1n) is 6.49. The predicted octanol–water partition coefficient (Wildman–Crippen LogP) is 1.48. The Morgan fingerprint density at radius 3 is 3.11 bits per heavy atom. The summed E-state index contributed by atoms with van der Waals surface area (Å²) in [5.74, 6) is -0.336. The van der Waals surface area contributed by atoms with Crippen LogP contribution in [0.25, 0.3) is 0 Å². The van der Waals surface area contributed by atoms with E-state index in [1.54, 1.807) is 18.3 Å². The molecule has 2 unspecified atom stereocenters. The third kappa shape index (κ3) is 3.30. The molecule has 1 aliphatic rings. The number of carbonyl (C=O) groups is 1. The minimum absolute atomic E-state index is 0.210. The SMILES string of the molecule is COC(=O)c1cccnc1CN1CC(C)OCC1C. The van der Waals surface area contributed by atoms with Crippen molar-refractivity contribution >= 4 is 5.97 Å². The largest absolute Gasteiger partial charge is 0.465 e. The van der Waals surface area contributed by atoms with E-state index in [9.17, 15) is 4.79 Å². The Labute approximate surface area is 113 Å². The van der Waals surface area contributed by atoms with Crippen LogP contribution in [0.1, 0.15) is 29.9 Å². The molecule has 2 rings (SSSR count). The highest BCUT2D eigenvalue weighted by molar-refractivity contribution is 5.90. The molecule has 0 aromatic carbocycles. The maximum atomic E-state index is 11.7. The Morgan fingerprint density at radius 2 is 2.37 bits per heavy atom. The monoisotopic (exact) mass is 264 g/mol. The van der Waals surface area contributed by atoms with Crippen LogP contribution in [0, 0.1) is 0 Å². The molecule has 2 heterocycles. The fraction of sp³-hybridized carbons (Fsp3) is 0.571. The smallest absolute Gasteiger partial charge is 0.339 e. The summed E-state index contributed by atoms with van der Waals surface area (Å²) >= 11 is 0. The van der Waals surface area contributed by atoms with Gasteiger partial charge in [-0.25, -0.2) is 4.79 Å². The van der Waals surface area contributed by atoms with Crippen molar-refractivity contribution in [1.29, 1.82) is 0 Å². The van der Waals surface area contributed by atoms with Gasteiger partial charge in [0.15, 0.2) is 0 Å². The Balaban J connectivity index is 2.16. The van der Waals surface area contributed by atoms with E-state index in [1.807, 2.05) is 0 Å². The zero-order valence-electron chi connectivity index (χ0n) is 11.6. The number of aromatic nitrogens is 1. The van der Waals surface area contributed by atoms with E-state index in [4.69, 9.17) is 9.47 Å².